The average molecular weight is 377 g/mol. The first-order valence-corrected chi connectivity index (χ1v) is 9.45. The van der Waals surface area contributed by atoms with E-state index in [4.69, 9.17) is 11.1 Å². The second kappa shape index (κ2) is 15.6. The summed E-state index contributed by atoms with van der Waals surface area (Å²) in [6, 6.07) is -0.993. The molecule has 0 aliphatic heterocycles. The van der Waals surface area contributed by atoms with Crippen molar-refractivity contribution in [2.75, 3.05) is 6.54 Å². The van der Waals surface area contributed by atoms with Crippen LogP contribution in [0.5, 0.6) is 0 Å². The van der Waals surface area contributed by atoms with Gasteiger partial charge >= 0.3 is 5.97 Å². The highest BCUT2D eigenvalue weighted by atomic mass is 16.4. The van der Waals surface area contributed by atoms with Gasteiger partial charge in [-0.2, -0.15) is 0 Å². The van der Waals surface area contributed by atoms with Crippen LogP contribution in [0.2, 0.25) is 0 Å². The van der Waals surface area contributed by atoms with Gasteiger partial charge in [-0.1, -0.05) is 50.9 Å². The van der Waals surface area contributed by atoms with Gasteiger partial charge in [0, 0.05) is 6.54 Å². The molecule has 0 rings (SSSR count). The molecule has 27 heavy (non-hydrogen) atoms. The topological polar surface area (TPSA) is 128 Å². The number of carbonyl (C=O) groups is 2. The van der Waals surface area contributed by atoms with Gasteiger partial charge in [0.2, 0.25) is 5.91 Å². The Bertz CT molecular complexity index is 596. The molecule has 0 aromatic heterocycles. The van der Waals surface area contributed by atoms with Gasteiger partial charge in [-0.3, -0.25) is 10.2 Å². The maximum absolute atomic E-state index is 12.5. The van der Waals surface area contributed by atoms with E-state index < -0.39 is 17.9 Å². The van der Waals surface area contributed by atoms with Crippen molar-refractivity contribution in [1.82, 2.24) is 10.6 Å². The molecule has 0 spiro atoms. The Morgan fingerprint density at radius 1 is 1.11 bits per heavy atom. The lowest BCUT2D eigenvalue weighted by Crippen LogP contribution is -2.44. The van der Waals surface area contributed by atoms with Crippen LogP contribution in [0.15, 0.2) is 0 Å². The van der Waals surface area contributed by atoms with Crippen LogP contribution in [0.25, 0.3) is 0 Å². The highest BCUT2D eigenvalue weighted by Gasteiger charge is 2.23. The SMILES string of the molecule is CC#CC#CC(CCCCCCC)C(=O)NC(CCCNC(=N)N)C(=O)O. The largest absolute Gasteiger partial charge is 0.480 e. The van der Waals surface area contributed by atoms with E-state index in [1.807, 2.05) is 0 Å². The van der Waals surface area contributed by atoms with Crippen molar-refractivity contribution in [1.29, 1.82) is 5.41 Å². The highest BCUT2D eigenvalue weighted by molar-refractivity contribution is 5.86. The van der Waals surface area contributed by atoms with Crippen molar-refractivity contribution in [2.45, 2.75) is 71.3 Å². The predicted octanol–water partition coefficient (Wildman–Crippen LogP) is 1.82. The molecule has 1 amide bonds. The third-order valence-corrected chi connectivity index (χ3v) is 3.95. The Morgan fingerprint density at radius 2 is 1.81 bits per heavy atom. The summed E-state index contributed by atoms with van der Waals surface area (Å²) in [7, 11) is 0. The first-order valence-electron chi connectivity index (χ1n) is 9.45. The van der Waals surface area contributed by atoms with Crippen molar-refractivity contribution in [3.05, 3.63) is 0 Å². The van der Waals surface area contributed by atoms with Crippen molar-refractivity contribution in [3.8, 4) is 23.7 Å². The molecule has 0 heterocycles. The van der Waals surface area contributed by atoms with Crippen molar-refractivity contribution < 1.29 is 14.7 Å². The molecule has 0 radical (unpaired) electrons. The lowest BCUT2D eigenvalue weighted by molar-refractivity contribution is -0.142. The van der Waals surface area contributed by atoms with E-state index in [1.54, 1.807) is 6.92 Å². The number of carbonyl (C=O) groups excluding carboxylic acids is 1. The summed E-state index contributed by atoms with van der Waals surface area (Å²) in [6.07, 6.45) is 6.62. The molecule has 0 saturated carbocycles. The zero-order valence-corrected chi connectivity index (χ0v) is 16.4. The first kappa shape index (κ1) is 24.3. The maximum Gasteiger partial charge on any atom is 0.326 e. The van der Waals surface area contributed by atoms with Gasteiger partial charge in [-0.05, 0) is 38.0 Å². The third kappa shape index (κ3) is 13.2. The second-order valence-corrected chi connectivity index (χ2v) is 6.28. The molecule has 0 saturated heterocycles. The van der Waals surface area contributed by atoms with E-state index >= 15 is 0 Å². The fraction of sp³-hybridized carbons (Fsp3) is 0.650. The third-order valence-electron chi connectivity index (χ3n) is 3.95. The molecule has 0 bridgehead atoms. The van der Waals surface area contributed by atoms with E-state index in [0.29, 0.717) is 19.4 Å². The number of carboxylic acids is 1. The number of rotatable bonds is 13. The first-order chi connectivity index (χ1) is 12.9. The van der Waals surface area contributed by atoms with Gasteiger partial charge in [0.05, 0.1) is 5.92 Å². The highest BCUT2D eigenvalue weighted by Crippen LogP contribution is 2.12. The lowest BCUT2D eigenvalue weighted by Gasteiger charge is -2.17. The van der Waals surface area contributed by atoms with E-state index in [2.05, 4.69) is 41.2 Å². The molecule has 0 aliphatic carbocycles. The number of unbranched alkanes of at least 4 members (excludes halogenated alkanes) is 4. The summed E-state index contributed by atoms with van der Waals surface area (Å²) in [6.45, 7) is 4.19. The van der Waals surface area contributed by atoms with Crippen molar-refractivity contribution >= 4 is 17.8 Å². The Morgan fingerprint density at radius 3 is 2.41 bits per heavy atom. The minimum absolute atomic E-state index is 0.165. The molecule has 150 valence electrons. The van der Waals surface area contributed by atoms with E-state index in [1.165, 1.54) is 6.42 Å². The number of guanidine groups is 1. The normalized spacial score (nSPS) is 11.8. The zero-order valence-electron chi connectivity index (χ0n) is 16.4. The van der Waals surface area contributed by atoms with E-state index in [-0.39, 0.29) is 18.3 Å². The van der Waals surface area contributed by atoms with Gasteiger partial charge in [-0.15, -0.1) is 0 Å². The standard InChI is InChI=1S/C20H32N4O3/c1-3-5-7-8-10-13-16(12-9-6-4-2)18(25)24-17(19(26)27)14-11-15-23-20(21)22/h16-17H,3,5,7-8,10-11,13-15H2,1-2H3,(H,24,25)(H,26,27)(H4,21,22,23). The number of amides is 1. The van der Waals surface area contributed by atoms with Crippen LogP contribution in [-0.2, 0) is 9.59 Å². The van der Waals surface area contributed by atoms with Crippen LogP contribution >= 0.6 is 0 Å². The summed E-state index contributed by atoms with van der Waals surface area (Å²) in [4.78, 5) is 23.9. The molecule has 2 atom stereocenters. The second-order valence-electron chi connectivity index (χ2n) is 6.28. The lowest BCUT2D eigenvalue weighted by atomic mass is 9.99. The molecule has 0 aromatic carbocycles. The number of carboxylic acid groups (broad SMARTS) is 1. The Kier molecular flexibility index (Phi) is 14.0. The Labute approximate surface area is 162 Å². The molecule has 7 nitrogen and oxygen atoms in total. The monoisotopic (exact) mass is 376 g/mol. The summed E-state index contributed by atoms with van der Waals surface area (Å²) in [5.74, 6) is 8.62. The molecule has 6 N–H and O–H groups in total. The van der Waals surface area contributed by atoms with Gasteiger partial charge < -0.3 is 21.5 Å². The number of aliphatic carboxylic acids is 1. The fourth-order valence-electron chi connectivity index (χ4n) is 2.47. The summed E-state index contributed by atoms with van der Waals surface area (Å²) < 4.78 is 0. The molecular formula is C20H32N4O3. The van der Waals surface area contributed by atoms with E-state index in [9.17, 15) is 14.7 Å². The predicted molar refractivity (Wildman–Crippen MR) is 107 cm³/mol. The summed E-state index contributed by atoms with van der Waals surface area (Å²) >= 11 is 0. The Balaban J connectivity index is 4.73. The molecular weight excluding hydrogens is 344 g/mol. The summed E-state index contributed by atoms with van der Waals surface area (Å²) in [5, 5.41) is 21.6. The minimum atomic E-state index is -1.09. The van der Waals surface area contributed by atoms with Gasteiger partial charge in [0.1, 0.15) is 6.04 Å². The summed E-state index contributed by atoms with van der Waals surface area (Å²) in [5.41, 5.74) is 5.18. The maximum atomic E-state index is 12.5. The average Bonchev–Trinajstić information content (AvgIpc) is 2.62. The Hall–Kier alpha value is -2.67. The molecule has 0 aliphatic rings. The van der Waals surface area contributed by atoms with Gasteiger partial charge in [0.15, 0.2) is 5.96 Å². The zero-order chi connectivity index (χ0) is 20.5. The van der Waals surface area contributed by atoms with E-state index in [0.717, 1.165) is 25.7 Å². The number of nitrogens with one attached hydrogen (secondary N) is 3. The molecule has 2 unspecified atom stereocenters. The van der Waals surface area contributed by atoms with Crippen LogP contribution in [0.3, 0.4) is 0 Å². The van der Waals surface area contributed by atoms with Crippen LogP contribution in [-0.4, -0.2) is 35.5 Å². The molecule has 0 aromatic rings. The number of hydrogen-bond donors (Lipinski definition) is 5. The number of hydrogen-bond acceptors (Lipinski definition) is 3. The molecule has 0 fully saturated rings. The minimum Gasteiger partial charge on any atom is -0.480 e. The van der Waals surface area contributed by atoms with Crippen LogP contribution < -0.4 is 16.4 Å². The molecule has 7 heteroatoms. The van der Waals surface area contributed by atoms with Gasteiger partial charge in [0.25, 0.3) is 0 Å². The van der Waals surface area contributed by atoms with Crippen LogP contribution in [0, 0.1) is 35.0 Å². The van der Waals surface area contributed by atoms with Crippen LogP contribution in [0.4, 0.5) is 0 Å². The van der Waals surface area contributed by atoms with Crippen molar-refractivity contribution in [2.24, 2.45) is 11.7 Å². The fourth-order valence-corrected chi connectivity index (χ4v) is 2.47. The quantitative estimate of drug-likeness (QED) is 0.145. The van der Waals surface area contributed by atoms with Crippen LogP contribution in [0.1, 0.15) is 65.2 Å². The number of nitrogens with two attached hydrogens (primary N) is 1. The smallest absolute Gasteiger partial charge is 0.326 e. The van der Waals surface area contributed by atoms with Gasteiger partial charge in [-0.25, -0.2) is 4.79 Å². The van der Waals surface area contributed by atoms with Crippen molar-refractivity contribution in [3.63, 3.8) is 0 Å².